The van der Waals surface area contributed by atoms with Gasteiger partial charge >= 0.3 is 5.38 Å². The molecule has 1 aliphatic heterocycles. The minimum atomic E-state index is -3.33. The molecule has 0 fully saturated rings. The monoisotopic (exact) mass is 473 g/mol. The van der Waals surface area contributed by atoms with E-state index in [4.69, 9.17) is 16.3 Å². The zero-order valence-corrected chi connectivity index (χ0v) is 17.8. The van der Waals surface area contributed by atoms with Crippen molar-refractivity contribution in [1.29, 1.82) is 0 Å². The van der Waals surface area contributed by atoms with Crippen LogP contribution in [0, 0.1) is 0 Å². The molecule has 5 rings (SSSR count). The van der Waals surface area contributed by atoms with Gasteiger partial charge in [0.1, 0.15) is 12.7 Å². The van der Waals surface area contributed by atoms with Crippen LogP contribution in [0.3, 0.4) is 0 Å². The maximum atomic E-state index is 13.0. The van der Waals surface area contributed by atoms with E-state index in [0.717, 1.165) is 0 Å². The number of nitrogens with zero attached hydrogens (tertiary/aromatic N) is 3. The number of aliphatic hydroxyl groups is 1. The molecule has 3 heterocycles. The standard InChI is InChI=1S/C22H18ClF2N5O3/c23-22(24,25)9-12-1-3-14(4-2-12)27-20(32)13-7-16(17-5-6-26-29-17)19-18(8-13)28-21-30(19)10-15(31)11-33-21/h1-8,15,31H,9-11H2,(H,26,29)(H,27,32)/t15-/m0/s1. The summed E-state index contributed by atoms with van der Waals surface area (Å²) in [5.41, 5.74) is 3.70. The van der Waals surface area contributed by atoms with Gasteiger partial charge in [-0.3, -0.25) is 14.5 Å². The number of fused-ring (bicyclic) bond motifs is 3. The van der Waals surface area contributed by atoms with Gasteiger partial charge < -0.3 is 15.2 Å². The number of aliphatic hydroxyl groups excluding tert-OH is 1. The van der Waals surface area contributed by atoms with E-state index in [9.17, 15) is 18.7 Å². The number of carbonyl (C=O) groups is 1. The molecule has 0 saturated carbocycles. The van der Waals surface area contributed by atoms with E-state index in [1.807, 2.05) is 0 Å². The van der Waals surface area contributed by atoms with Gasteiger partial charge in [-0.1, -0.05) is 12.1 Å². The van der Waals surface area contributed by atoms with Crippen LogP contribution in [0.2, 0.25) is 0 Å². The van der Waals surface area contributed by atoms with E-state index in [2.05, 4.69) is 20.5 Å². The van der Waals surface area contributed by atoms with Crippen LogP contribution in [-0.2, 0) is 13.0 Å². The summed E-state index contributed by atoms with van der Waals surface area (Å²) in [7, 11) is 0. The number of hydrogen-bond donors (Lipinski definition) is 3. The summed E-state index contributed by atoms with van der Waals surface area (Å²) >= 11 is 4.98. The third-order valence-electron chi connectivity index (χ3n) is 5.27. The van der Waals surface area contributed by atoms with Crippen molar-refractivity contribution in [3.63, 3.8) is 0 Å². The van der Waals surface area contributed by atoms with Gasteiger partial charge in [0.15, 0.2) is 0 Å². The predicted molar refractivity (Wildman–Crippen MR) is 118 cm³/mol. The molecule has 0 spiro atoms. The summed E-state index contributed by atoms with van der Waals surface area (Å²) in [5, 5.41) is 16.4. The number of H-pyrrole nitrogens is 1. The number of anilines is 1. The lowest BCUT2D eigenvalue weighted by Gasteiger charge is -2.21. The van der Waals surface area contributed by atoms with Crippen LogP contribution in [0.1, 0.15) is 15.9 Å². The van der Waals surface area contributed by atoms with Crippen molar-refractivity contribution in [2.24, 2.45) is 0 Å². The third-order valence-corrected chi connectivity index (χ3v) is 5.41. The van der Waals surface area contributed by atoms with Crippen molar-refractivity contribution in [3.05, 3.63) is 59.8 Å². The molecule has 0 bridgehead atoms. The summed E-state index contributed by atoms with van der Waals surface area (Å²) in [6.07, 6.45) is 0.321. The van der Waals surface area contributed by atoms with Crippen molar-refractivity contribution in [1.82, 2.24) is 19.7 Å². The minimum Gasteiger partial charge on any atom is -0.462 e. The van der Waals surface area contributed by atoms with Gasteiger partial charge in [-0.15, -0.1) is 0 Å². The van der Waals surface area contributed by atoms with E-state index >= 15 is 0 Å². The van der Waals surface area contributed by atoms with E-state index < -0.39 is 23.8 Å². The summed E-state index contributed by atoms with van der Waals surface area (Å²) in [6, 6.07) is 11.5. The van der Waals surface area contributed by atoms with Gasteiger partial charge in [0.2, 0.25) is 0 Å². The topological polar surface area (TPSA) is 105 Å². The summed E-state index contributed by atoms with van der Waals surface area (Å²) in [4.78, 5) is 17.5. The number of rotatable bonds is 5. The van der Waals surface area contributed by atoms with Crippen molar-refractivity contribution in [2.75, 3.05) is 11.9 Å². The number of aromatic amines is 1. The van der Waals surface area contributed by atoms with Crippen molar-refractivity contribution < 1.29 is 23.4 Å². The highest BCUT2D eigenvalue weighted by Crippen LogP contribution is 2.34. The summed E-state index contributed by atoms with van der Waals surface area (Å²) in [6.45, 7) is 0.452. The van der Waals surface area contributed by atoms with E-state index in [0.29, 0.717) is 51.7 Å². The second-order valence-electron chi connectivity index (χ2n) is 7.77. The number of carbonyl (C=O) groups excluding carboxylic acids is 1. The number of nitrogens with one attached hydrogen (secondary N) is 2. The molecule has 2 aromatic heterocycles. The fraction of sp³-hybridized carbons (Fsp3) is 0.227. The normalized spacial score (nSPS) is 15.8. The molecule has 11 heteroatoms. The molecule has 0 aliphatic carbocycles. The van der Waals surface area contributed by atoms with E-state index in [-0.39, 0.29) is 6.61 Å². The lowest BCUT2D eigenvalue weighted by molar-refractivity contribution is 0.0596. The predicted octanol–water partition coefficient (Wildman–Crippen LogP) is 3.81. The summed E-state index contributed by atoms with van der Waals surface area (Å²) < 4.78 is 33.3. The van der Waals surface area contributed by atoms with E-state index in [1.165, 1.54) is 24.3 Å². The molecule has 170 valence electrons. The average molecular weight is 474 g/mol. The molecular weight excluding hydrogens is 456 g/mol. The van der Waals surface area contributed by atoms with Crippen LogP contribution < -0.4 is 10.1 Å². The first kappa shape index (κ1) is 21.4. The average Bonchev–Trinajstić information content (AvgIpc) is 3.41. The highest BCUT2D eigenvalue weighted by atomic mass is 35.5. The molecule has 0 saturated heterocycles. The molecule has 0 unspecified atom stereocenters. The van der Waals surface area contributed by atoms with Gasteiger partial charge in [-0.05, 0) is 47.5 Å². The Bertz CT molecular complexity index is 1320. The van der Waals surface area contributed by atoms with Gasteiger partial charge in [0.05, 0.1) is 29.7 Å². The van der Waals surface area contributed by atoms with Crippen LogP contribution in [0.4, 0.5) is 14.5 Å². The molecule has 4 aromatic rings. The number of amides is 1. The Morgan fingerprint density at radius 2 is 2.09 bits per heavy atom. The number of hydrogen-bond acceptors (Lipinski definition) is 5. The van der Waals surface area contributed by atoms with Gasteiger partial charge in [0, 0.05) is 23.0 Å². The maximum absolute atomic E-state index is 13.0. The fourth-order valence-corrected chi connectivity index (χ4v) is 4.00. The number of benzene rings is 2. The Balaban J connectivity index is 1.49. The molecule has 1 amide bonds. The number of imidazole rings is 1. The van der Waals surface area contributed by atoms with Crippen LogP contribution in [0.5, 0.6) is 6.01 Å². The first-order valence-electron chi connectivity index (χ1n) is 10.1. The fourth-order valence-electron chi connectivity index (χ4n) is 3.84. The van der Waals surface area contributed by atoms with Crippen LogP contribution in [0.25, 0.3) is 22.3 Å². The van der Waals surface area contributed by atoms with Gasteiger partial charge in [0.25, 0.3) is 11.9 Å². The second kappa shape index (κ2) is 8.13. The number of aromatic nitrogens is 4. The van der Waals surface area contributed by atoms with Crippen molar-refractivity contribution >= 4 is 34.2 Å². The molecule has 2 aromatic carbocycles. The Hall–Kier alpha value is -3.50. The zero-order chi connectivity index (χ0) is 23.2. The highest BCUT2D eigenvalue weighted by Gasteiger charge is 2.26. The third kappa shape index (κ3) is 4.39. The first-order chi connectivity index (χ1) is 15.8. The minimum absolute atomic E-state index is 0.141. The molecule has 3 N–H and O–H groups in total. The molecule has 1 atom stereocenters. The second-order valence-corrected chi connectivity index (χ2v) is 8.33. The molecular formula is C22H18ClF2N5O3. The highest BCUT2D eigenvalue weighted by molar-refractivity contribution is 6.21. The molecule has 33 heavy (non-hydrogen) atoms. The smallest absolute Gasteiger partial charge is 0.325 e. The largest absolute Gasteiger partial charge is 0.462 e. The maximum Gasteiger partial charge on any atom is 0.325 e. The molecule has 0 radical (unpaired) electrons. The van der Waals surface area contributed by atoms with Crippen molar-refractivity contribution in [3.8, 4) is 17.3 Å². The Morgan fingerprint density at radius 1 is 1.30 bits per heavy atom. The SMILES string of the molecule is O=C(Nc1ccc(CC(F)(F)Cl)cc1)c1cc(-c2ccn[nH]2)c2c(c1)nc1n2C[C@H](O)CO1. The zero-order valence-electron chi connectivity index (χ0n) is 17.1. The lowest BCUT2D eigenvalue weighted by atomic mass is 10.0. The van der Waals surface area contributed by atoms with Crippen LogP contribution in [0.15, 0.2) is 48.7 Å². The quantitative estimate of drug-likeness (QED) is 0.382. The Morgan fingerprint density at radius 3 is 2.79 bits per heavy atom. The number of halogens is 3. The number of alkyl halides is 3. The Kier molecular flexibility index (Phi) is 5.26. The number of ether oxygens (including phenoxy) is 1. The molecule has 8 nitrogen and oxygen atoms in total. The molecule has 1 aliphatic rings. The first-order valence-corrected chi connectivity index (χ1v) is 10.5. The Labute approximate surface area is 191 Å². The van der Waals surface area contributed by atoms with Gasteiger partial charge in [-0.25, -0.2) is 0 Å². The summed E-state index contributed by atoms with van der Waals surface area (Å²) in [5.74, 6) is -0.403. The van der Waals surface area contributed by atoms with Crippen molar-refractivity contribution in [2.45, 2.75) is 24.5 Å². The van der Waals surface area contributed by atoms with E-state index in [1.54, 1.807) is 29.0 Å². The van der Waals surface area contributed by atoms with Gasteiger partial charge in [-0.2, -0.15) is 18.9 Å². The van der Waals surface area contributed by atoms with Crippen LogP contribution >= 0.6 is 11.6 Å². The lowest BCUT2D eigenvalue weighted by Crippen LogP contribution is -2.29. The van der Waals surface area contributed by atoms with Crippen LogP contribution in [-0.4, -0.2) is 48.9 Å².